The minimum absolute atomic E-state index is 0.00216. The summed E-state index contributed by atoms with van der Waals surface area (Å²) >= 11 is 1.69. The van der Waals surface area contributed by atoms with Crippen molar-refractivity contribution in [1.82, 2.24) is 20.1 Å². The van der Waals surface area contributed by atoms with Gasteiger partial charge in [0.2, 0.25) is 0 Å². The maximum absolute atomic E-state index is 12.6. The fraction of sp³-hybridized carbons (Fsp3) is 0.588. The van der Waals surface area contributed by atoms with Gasteiger partial charge in [-0.3, -0.25) is 9.48 Å². The molecule has 1 atom stereocenters. The lowest BCUT2D eigenvalue weighted by atomic mass is 9.97. The van der Waals surface area contributed by atoms with Gasteiger partial charge in [-0.1, -0.05) is 13.8 Å². The minimum atomic E-state index is -0.00216. The second-order valence-corrected chi connectivity index (χ2v) is 7.13. The van der Waals surface area contributed by atoms with Gasteiger partial charge in [-0.25, -0.2) is 4.98 Å². The van der Waals surface area contributed by atoms with Crippen molar-refractivity contribution in [3.8, 4) is 0 Å². The first-order chi connectivity index (χ1) is 11.1. The van der Waals surface area contributed by atoms with E-state index in [-0.39, 0.29) is 11.9 Å². The number of fused-ring (bicyclic) bond motifs is 1. The van der Waals surface area contributed by atoms with Crippen molar-refractivity contribution in [1.29, 1.82) is 0 Å². The number of carbonyl (C=O) groups is 1. The number of nitrogens with one attached hydrogen (secondary N) is 1. The number of nitrogens with zero attached hydrogens (tertiary/aromatic N) is 3. The summed E-state index contributed by atoms with van der Waals surface area (Å²) in [6, 6.07) is 0.567. The fourth-order valence-corrected chi connectivity index (χ4v) is 4.23. The van der Waals surface area contributed by atoms with Crippen LogP contribution in [0.15, 0.2) is 11.7 Å². The van der Waals surface area contributed by atoms with E-state index in [2.05, 4.69) is 29.2 Å². The third-order valence-corrected chi connectivity index (χ3v) is 5.70. The first-order valence-corrected chi connectivity index (χ1v) is 9.28. The van der Waals surface area contributed by atoms with Crippen molar-refractivity contribution in [3.05, 3.63) is 33.5 Å². The van der Waals surface area contributed by atoms with Gasteiger partial charge in [0, 0.05) is 23.0 Å². The topological polar surface area (TPSA) is 59.8 Å². The third-order valence-electron chi connectivity index (χ3n) is 4.80. The molecule has 0 aromatic carbocycles. The van der Waals surface area contributed by atoms with Gasteiger partial charge in [0.05, 0.1) is 29.0 Å². The van der Waals surface area contributed by atoms with Crippen LogP contribution in [0.3, 0.4) is 0 Å². The highest BCUT2D eigenvalue weighted by Gasteiger charge is 2.24. The highest BCUT2D eigenvalue weighted by atomic mass is 32.1. The zero-order valence-corrected chi connectivity index (χ0v) is 14.8. The second-order valence-electron chi connectivity index (χ2n) is 6.19. The lowest BCUT2D eigenvalue weighted by molar-refractivity contribution is 0.0933. The number of hydrogen-bond donors (Lipinski definition) is 1. The third kappa shape index (κ3) is 3.17. The van der Waals surface area contributed by atoms with Gasteiger partial charge in [-0.05, 0) is 32.6 Å². The summed E-state index contributed by atoms with van der Waals surface area (Å²) in [4.78, 5) is 18.3. The van der Waals surface area contributed by atoms with Gasteiger partial charge >= 0.3 is 0 Å². The summed E-state index contributed by atoms with van der Waals surface area (Å²) in [5.41, 5.74) is 4.77. The number of rotatable bonds is 5. The Morgan fingerprint density at radius 3 is 3.00 bits per heavy atom. The number of aryl methyl sites for hydroxylation is 1. The summed E-state index contributed by atoms with van der Waals surface area (Å²) in [5, 5.41) is 7.63. The fourth-order valence-electron chi connectivity index (χ4n) is 3.34. The highest BCUT2D eigenvalue weighted by molar-refractivity contribution is 7.09. The number of thiazole rings is 1. The molecule has 0 saturated heterocycles. The van der Waals surface area contributed by atoms with Crippen LogP contribution in [0.1, 0.15) is 65.8 Å². The van der Waals surface area contributed by atoms with E-state index in [1.165, 1.54) is 10.6 Å². The predicted octanol–water partition coefficient (Wildman–Crippen LogP) is 3.30. The molecule has 0 saturated carbocycles. The van der Waals surface area contributed by atoms with Crippen LogP contribution in [0.5, 0.6) is 0 Å². The molecule has 0 spiro atoms. The zero-order valence-electron chi connectivity index (χ0n) is 14.0. The molecule has 2 aromatic heterocycles. The monoisotopic (exact) mass is 332 g/mol. The van der Waals surface area contributed by atoms with E-state index in [0.29, 0.717) is 11.6 Å². The summed E-state index contributed by atoms with van der Waals surface area (Å²) in [5.74, 6) is -0.00216. The quantitative estimate of drug-likeness (QED) is 0.914. The average Bonchev–Trinajstić information content (AvgIpc) is 3.15. The van der Waals surface area contributed by atoms with E-state index in [1.807, 2.05) is 17.1 Å². The molecule has 1 N–H and O–H groups in total. The van der Waals surface area contributed by atoms with Gasteiger partial charge in [0.15, 0.2) is 0 Å². The van der Waals surface area contributed by atoms with Crippen LogP contribution in [0.4, 0.5) is 0 Å². The Kier molecular flexibility index (Phi) is 4.80. The maximum Gasteiger partial charge on any atom is 0.254 e. The van der Waals surface area contributed by atoms with E-state index < -0.39 is 0 Å². The van der Waals surface area contributed by atoms with Gasteiger partial charge in [0.25, 0.3) is 5.91 Å². The number of amides is 1. The molecule has 0 aliphatic heterocycles. The molecule has 0 fully saturated rings. The normalized spacial score (nSPS) is 17.3. The van der Waals surface area contributed by atoms with E-state index in [0.717, 1.165) is 37.8 Å². The molecule has 1 amide bonds. The van der Waals surface area contributed by atoms with Crippen molar-refractivity contribution < 1.29 is 4.79 Å². The molecule has 1 aliphatic carbocycles. The van der Waals surface area contributed by atoms with E-state index in [9.17, 15) is 4.79 Å². The number of aromatic nitrogens is 3. The molecule has 0 unspecified atom stereocenters. The van der Waals surface area contributed by atoms with Gasteiger partial charge in [0.1, 0.15) is 0 Å². The lowest BCUT2D eigenvalue weighted by Crippen LogP contribution is -2.38. The Labute approximate surface area is 141 Å². The summed E-state index contributed by atoms with van der Waals surface area (Å²) in [6.45, 7) is 6.30. The molecule has 124 valence electrons. The van der Waals surface area contributed by atoms with Crippen molar-refractivity contribution in [2.45, 2.75) is 65.0 Å². The minimum Gasteiger partial charge on any atom is -0.349 e. The molecule has 23 heavy (non-hydrogen) atoms. The first kappa shape index (κ1) is 16.2. The van der Waals surface area contributed by atoms with Crippen molar-refractivity contribution in [2.24, 2.45) is 0 Å². The molecule has 0 bridgehead atoms. The Balaban J connectivity index is 1.70. The number of hydrogen-bond acceptors (Lipinski definition) is 4. The molecular formula is C17H24N4OS. The molecule has 5 nitrogen and oxygen atoms in total. The van der Waals surface area contributed by atoms with Gasteiger partial charge in [-0.2, -0.15) is 5.10 Å². The summed E-state index contributed by atoms with van der Waals surface area (Å²) in [6.07, 6.45) is 6.57. The number of carbonyl (C=O) groups excluding carboxylic acids is 1. The van der Waals surface area contributed by atoms with Gasteiger partial charge in [-0.15, -0.1) is 11.3 Å². The van der Waals surface area contributed by atoms with E-state index in [4.69, 9.17) is 0 Å². The Bertz CT molecular complexity index is 687. The van der Waals surface area contributed by atoms with Crippen molar-refractivity contribution >= 4 is 17.2 Å². The molecule has 6 heteroatoms. The van der Waals surface area contributed by atoms with Crippen LogP contribution < -0.4 is 5.32 Å². The molecule has 2 heterocycles. The molecule has 2 aromatic rings. The van der Waals surface area contributed by atoms with Crippen LogP contribution >= 0.6 is 11.3 Å². The van der Waals surface area contributed by atoms with Crippen LogP contribution in [0.25, 0.3) is 0 Å². The summed E-state index contributed by atoms with van der Waals surface area (Å²) < 4.78 is 2.00. The molecule has 1 aliphatic rings. The first-order valence-electron chi connectivity index (χ1n) is 8.40. The predicted molar refractivity (Wildman–Crippen MR) is 92.0 cm³/mol. The standard InChI is InChI=1S/C17H24N4OS/c1-4-13(5-2)21-11(3)14(9-19-21)17(22)20-12-6-7-15-16(8-12)23-10-18-15/h9-10,12-13H,4-8H2,1-3H3,(H,20,22)/t12-/m0/s1. The van der Waals surface area contributed by atoms with Crippen LogP contribution in [-0.4, -0.2) is 26.7 Å². The second kappa shape index (κ2) is 6.83. The molecule has 3 rings (SSSR count). The highest BCUT2D eigenvalue weighted by Crippen LogP contribution is 2.24. The largest absolute Gasteiger partial charge is 0.349 e. The summed E-state index contributed by atoms with van der Waals surface area (Å²) in [7, 11) is 0. The lowest BCUT2D eigenvalue weighted by Gasteiger charge is -2.22. The average molecular weight is 332 g/mol. The Morgan fingerprint density at radius 2 is 2.26 bits per heavy atom. The SMILES string of the molecule is CCC(CC)n1ncc(C(=O)N[C@H]2CCc3ncsc3C2)c1C. The van der Waals surface area contributed by atoms with Crippen molar-refractivity contribution in [3.63, 3.8) is 0 Å². The van der Waals surface area contributed by atoms with Crippen molar-refractivity contribution in [2.75, 3.05) is 0 Å². The maximum atomic E-state index is 12.6. The van der Waals surface area contributed by atoms with Crippen LogP contribution in [0, 0.1) is 6.92 Å². The smallest absolute Gasteiger partial charge is 0.254 e. The van der Waals surface area contributed by atoms with Crippen LogP contribution in [-0.2, 0) is 12.8 Å². The van der Waals surface area contributed by atoms with Crippen LogP contribution in [0.2, 0.25) is 0 Å². The zero-order chi connectivity index (χ0) is 16.4. The molecule has 0 radical (unpaired) electrons. The van der Waals surface area contributed by atoms with Gasteiger partial charge < -0.3 is 5.32 Å². The van der Waals surface area contributed by atoms with E-state index >= 15 is 0 Å². The Morgan fingerprint density at radius 1 is 1.48 bits per heavy atom. The van der Waals surface area contributed by atoms with E-state index in [1.54, 1.807) is 17.5 Å². The Hall–Kier alpha value is -1.69. The molecular weight excluding hydrogens is 308 g/mol.